The van der Waals surface area contributed by atoms with Crippen molar-refractivity contribution in [3.05, 3.63) is 93.0 Å². The lowest BCUT2D eigenvalue weighted by molar-refractivity contribution is -0.199. The average molecular weight is 771 g/mol. The smallest absolute Gasteiger partial charge is 0.255 e. The molecule has 0 spiro atoms. The summed E-state index contributed by atoms with van der Waals surface area (Å²) in [5, 5.41) is 12.0. The fourth-order valence-corrected chi connectivity index (χ4v) is 10.6. The molecular weight excluding hydrogens is 728 g/mol. The first-order valence-electron chi connectivity index (χ1n) is 19.3. The lowest BCUT2D eigenvalue weighted by atomic mass is 9.49. The van der Waals surface area contributed by atoms with Crippen LogP contribution in [-0.4, -0.2) is 88.7 Å². The molecule has 3 aromatic rings. The molecule has 1 aliphatic carbocycles. The first-order valence-corrected chi connectivity index (χ1v) is 19.7. The van der Waals surface area contributed by atoms with E-state index >= 15 is 0 Å². The quantitative estimate of drug-likeness (QED) is 0.275. The van der Waals surface area contributed by atoms with E-state index in [-0.39, 0.29) is 53.0 Å². The molecule has 0 radical (unpaired) electrons. The van der Waals surface area contributed by atoms with Gasteiger partial charge >= 0.3 is 0 Å². The number of carbonyl (C=O) groups excluding carboxylic acids is 4. The molecule has 3 saturated heterocycles. The molecule has 286 valence electrons. The number of nitrogens with zero attached hydrogens (tertiary/aromatic N) is 5. The van der Waals surface area contributed by atoms with Gasteiger partial charge in [-0.1, -0.05) is 57.2 Å². The second-order valence-electron chi connectivity index (χ2n) is 17.3. The monoisotopic (exact) mass is 770 g/mol. The Morgan fingerprint density at radius 3 is 2.29 bits per heavy atom. The molecule has 1 saturated carbocycles. The molecule has 1 N–H and O–H groups in total. The standard InChI is InChI=1S/C44H43ClN6O5/c1-43(2)41(44(3,4)42(43)56-32-11-9-27(18-46)35(45)17-32)51-22-29-15-25(7-12-33(29)39(51)54)5-6-26-19-48(20-26)31-23-49(24-31)30-10-8-28-21-50(40(55)34(28)16-30)36-13-14-37(52)47-38(36)53/h7-12,15-17,26,31,36,41-42H,13-14,19-24H2,1-4H3,(H,47,52,53). The van der Waals surface area contributed by atoms with E-state index in [1.54, 1.807) is 23.1 Å². The van der Waals surface area contributed by atoms with Gasteiger partial charge in [-0.25, -0.2) is 0 Å². The Labute approximate surface area is 331 Å². The molecule has 1 atom stereocenters. The Hall–Kier alpha value is -5.36. The molecule has 0 aromatic heterocycles. The molecule has 0 bridgehead atoms. The lowest BCUT2D eigenvalue weighted by Gasteiger charge is -2.65. The van der Waals surface area contributed by atoms with Crippen LogP contribution in [0.2, 0.25) is 5.02 Å². The van der Waals surface area contributed by atoms with Crippen LogP contribution in [0.4, 0.5) is 5.69 Å². The third kappa shape index (κ3) is 5.83. The summed E-state index contributed by atoms with van der Waals surface area (Å²) in [6.07, 6.45) is 0.429. The van der Waals surface area contributed by atoms with E-state index in [2.05, 4.69) is 72.9 Å². The van der Waals surface area contributed by atoms with Crippen LogP contribution in [0.25, 0.3) is 0 Å². The van der Waals surface area contributed by atoms with Crippen molar-refractivity contribution in [3.63, 3.8) is 0 Å². The highest BCUT2D eigenvalue weighted by Crippen LogP contribution is 2.59. The van der Waals surface area contributed by atoms with E-state index in [0.29, 0.717) is 47.5 Å². The van der Waals surface area contributed by atoms with Gasteiger partial charge in [0.1, 0.15) is 24.0 Å². The first kappa shape index (κ1) is 36.3. The van der Waals surface area contributed by atoms with Gasteiger partial charge in [-0.05, 0) is 60.0 Å². The van der Waals surface area contributed by atoms with Gasteiger partial charge in [-0.2, -0.15) is 5.26 Å². The molecule has 56 heavy (non-hydrogen) atoms. The van der Waals surface area contributed by atoms with Gasteiger partial charge in [0.15, 0.2) is 0 Å². The number of hydrogen-bond acceptors (Lipinski definition) is 8. The van der Waals surface area contributed by atoms with Crippen LogP contribution in [0.5, 0.6) is 5.75 Å². The molecule has 1 unspecified atom stereocenters. The number of anilines is 1. The molecule has 6 aliphatic rings. The Bertz CT molecular complexity index is 2310. The van der Waals surface area contributed by atoms with Gasteiger partial charge in [0.25, 0.3) is 11.8 Å². The van der Waals surface area contributed by atoms with Crippen molar-refractivity contribution in [2.75, 3.05) is 31.1 Å². The second kappa shape index (κ2) is 13.1. The zero-order valence-electron chi connectivity index (χ0n) is 31.9. The van der Waals surface area contributed by atoms with Crippen molar-refractivity contribution >= 4 is 40.9 Å². The number of amides is 4. The number of carbonyl (C=O) groups is 4. The van der Waals surface area contributed by atoms with Gasteiger partial charge in [0, 0.05) is 103 Å². The number of nitriles is 1. The molecule has 9 rings (SSSR count). The molecule has 12 heteroatoms. The summed E-state index contributed by atoms with van der Waals surface area (Å²) in [6, 6.07) is 18.9. The topological polar surface area (TPSA) is 126 Å². The number of halogens is 1. The normalized spacial score (nSPS) is 25.3. The molecule has 5 heterocycles. The summed E-state index contributed by atoms with van der Waals surface area (Å²) in [5.41, 5.74) is 4.94. The van der Waals surface area contributed by atoms with Gasteiger partial charge in [0.2, 0.25) is 11.8 Å². The van der Waals surface area contributed by atoms with Gasteiger partial charge < -0.3 is 19.4 Å². The van der Waals surface area contributed by atoms with E-state index in [9.17, 15) is 24.4 Å². The Balaban J connectivity index is 0.777. The van der Waals surface area contributed by atoms with E-state index < -0.39 is 11.9 Å². The number of rotatable bonds is 6. The Morgan fingerprint density at radius 2 is 1.57 bits per heavy atom. The predicted molar refractivity (Wildman–Crippen MR) is 209 cm³/mol. The highest BCUT2D eigenvalue weighted by atomic mass is 35.5. The number of imide groups is 1. The van der Waals surface area contributed by atoms with Crippen LogP contribution >= 0.6 is 11.6 Å². The Kier molecular flexibility index (Phi) is 8.50. The minimum absolute atomic E-state index is 0.0374. The highest BCUT2D eigenvalue weighted by molar-refractivity contribution is 6.31. The number of likely N-dealkylation sites (tertiary alicyclic amines) is 1. The molecular formula is C44H43ClN6O5. The van der Waals surface area contributed by atoms with Crippen LogP contribution in [-0.2, 0) is 22.7 Å². The van der Waals surface area contributed by atoms with Crippen LogP contribution in [0.15, 0.2) is 54.6 Å². The number of benzene rings is 3. The molecule has 4 fully saturated rings. The SMILES string of the molecule is CC1(C)C(Oc2ccc(C#N)c(Cl)c2)C(C)(C)C1N1Cc2cc(C#CC3CN(C4CN(c5ccc6c(c5)C(=O)N(C5CCC(=O)NC5=O)C6)C4)C3)ccc2C1=O. The van der Waals surface area contributed by atoms with Crippen molar-refractivity contribution in [3.8, 4) is 23.7 Å². The maximum Gasteiger partial charge on any atom is 0.255 e. The number of ether oxygens (including phenoxy) is 1. The summed E-state index contributed by atoms with van der Waals surface area (Å²) in [4.78, 5) is 59.4. The maximum atomic E-state index is 13.8. The number of piperidine rings is 1. The average Bonchev–Trinajstić information content (AvgIpc) is 3.61. The third-order valence-electron chi connectivity index (χ3n) is 12.9. The number of nitrogens with one attached hydrogen (secondary N) is 1. The van der Waals surface area contributed by atoms with Crippen LogP contribution in [0.3, 0.4) is 0 Å². The summed E-state index contributed by atoms with van der Waals surface area (Å²) in [6.45, 7) is 13.1. The summed E-state index contributed by atoms with van der Waals surface area (Å²) in [5.74, 6) is 6.96. The molecule has 3 aromatic carbocycles. The van der Waals surface area contributed by atoms with Crippen molar-refractivity contribution in [1.29, 1.82) is 5.26 Å². The number of fused-ring (bicyclic) bond motifs is 2. The van der Waals surface area contributed by atoms with Gasteiger partial charge in [-0.15, -0.1) is 0 Å². The third-order valence-corrected chi connectivity index (χ3v) is 13.2. The van der Waals surface area contributed by atoms with Crippen LogP contribution in [0, 0.1) is 39.9 Å². The predicted octanol–water partition coefficient (Wildman–Crippen LogP) is 4.98. The fraction of sp³-hybridized carbons (Fsp3) is 0.432. The summed E-state index contributed by atoms with van der Waals surface area (Å²) in [7, 11) is 0. The largest absolute Gasteiger partial charge is 0.489 e. The van der Waals surface area contributed by atoms with Crippen molar-refractivity contribution < 1.29 is 23.9 Å². The number of hydrogen-bond donors (Lipinski definition) is 1. The zero-order chi connectivity index (χ0) is 39.3. The lowest BCUT2D eigenvalue weighted by Crippen LogP contribution is -2.74. The second-order valence-corrected chi connectivity index (χ2v) is 17.7. The van der Waals surface area contributed by atoms with Crippen molar-refractivity contribution in [1.82, 2.24) is 20.0 Å². The summed E-state index contributed by atoms with van der Waals surface area (Å²) >= 11 is 6.29. The van der Waals surface area contributed by atoms with E-state index in [4.69, 9.17) is 16.3 Å². The van der Waals surface area contributed by atoms with E-state index in [1.165, 1.54) is 0 Å². The molecule has 5 aliphatic heterocycles. The van der Waals surface area contributed by atoms with Gasteiger partial charge in [-0.3, -0.25) is 29.4 Å². The van der Waals surface area contributed by atoms with Crippen LogP contribution in [0.1, 0.15) is 83.5 Å². The van der Waals surface area contributed by atoms with Crippen LogP contribution < -0.4 is 15.0 Å². The molecule has 11 nitrogen and oxygen atoms in total. The molecule has 4 amide bonds. The van der Waals surface area contributed by atoms with Crippen molar-refractivity contribution in [2.45, 2.75) is 77.9 Å². The van der Waals surface area contributed by atoms with E-state index in [0.717, 1.165) is 54.1 Å². The van der Waals surface area contributed by atoms with E-state index in [1.807, 2.05) is 29.2 Å². The first-order chi connectivity index (χ1) is 26.7. The highest BCUT2D eigenvalue weighted by Gasteiger charge is 2.67. The zero-order valence-corrected chi connectivity index (χ0v) is 32.7. The van der Waals surface area contributed by atoms with Crippen molar-refractivity contribution in [2.24, 2.45) is 16.7 Å². The fourth-order valence-electron chi connectivity index (χ4n) is 10.4. The minimum Gasteiger partial charge on any atom is -0.489 e. The summed E-state index contributed by atoms with van der Waals surface area (Å²) < 4.78 is 6.47. The Morgan fingerprint density at radius 1 is 0.839 bits per heavy atom. The van der Waals surface area contributed by atoms with Gasteiger partial charge in [0.05, 0.1) is 10.6 Å². The maximum absolute atomic E-state index is 13.8. The minimum atomic E-state index is -0.611.